The number of nitrogens with zero attached hydrogens (tertiary/aromatic N) is 1. The summed E-state index contributed by atoms with van der Waals surface area (Å²) in [5.74, 6) is 0.557. The van der Waals surface area contributed by atoms with Gasteiger partial charge in [0.1, 0.15) is 6.04 Å². The molecule has 0 spiro atoms. The molecule has 174 valence electrons. The highest BCUT2D eigenvalue weighted by Gasteiger charge is 2.34. The quantitative estimate of drug-likeness (QED) is 0.631. The van der Waals surface area contributed by atoms with Crippen LogP contribution in [-0.4, -0.2) is 55.1 Å². The van der Waals surface area contributed by atoms with Gasteiger partial charge in [0.2, 0.25) is 18.6 Å². The van der Waals surface area contributed by atoms with E-state index in [9.17, 15) is 14.4 Å². The number of carbonyl (C=O) groups is 3. The van der Waals surface area contributed by atoms with Crippen LogP contribution in [0.4, 0.5) is 0 Å². The van der Waals surface area contributed by atoms with Crippen LogP contribution < -0.4 is 20.1 Å². The van der Waals surface area contributed by atoms with E-state index in [1.807, 2.05) is 25.7 Å². The summed E-state index contributed by atoms with van der Waals surface area (Å²) in [4.78, 5) is 40.2. The lowest BCUT2D eigenvalue weighted by Crippen LogP contribution is -2.54. The van der Waals surface area contributed by atoms with Gasteiger partial charge in [-0.15, -0.1) is 6.58 Å². The number of hydrogen-bond acceptors (Lipinski definition) is 5. The molecule has 3 rings (SSSR count). The summed E-state index contributed by atoms with van der Waals surface area (Å²) in [5.41, 5.74) is 0.327. The summed E-state index contributed by atoms with van der Waals surface area (Å²) < 4.78 is 10.6. The van der Waals surface area contributed by atoms with E-state index in [2.05, 4.69) is 17.2 Å². The third-order valence-electron chi connectivity index (χ3n) is 5.67. The lowest BCUT2D eigenvalue weighted by Gasteiger charge is -2.36. The Morgan fingerprint density at radius 2 is 1.88 bits per heavy atom. The number of amides is 3. The van der Waals surface area contributed by atoms with Crippen molar-refractivity contribution in [1.29, 1.82) is 0 Å². The van der Waals surface area contributed by atoms with Crippen molar-refractivity contribution in [2.75, 3.05) is 26.4 Å². The first-order valence-electron chi connectivity index (χ1n) is 11.0. The number of nitrogens with one attached hydrogen (secondary N) is 2. The average Bonchev–Trinajstić information content (AvgIpc) is 3.22. The van der Waals surface area contributed by atoms with Crippen LogP contribution in [0.15, 0.2) is 30.9 Å². The molecule has 0 radical (unpaired) electrons. The van der Waals surface area contributed by atoms with E-state index in [0.717, 1.165) is 0 Å². The fourth-order valence-corrected chi connectivity index (χ4v) is 3.99. The van der Waals surface area contributed by atoms with Gasteiger partial charge in [0.25, 0.3) is 5.91 Å². The third kappa shape index (κ3) is 6.02. The van der Waals surface area contributed by atoms with Crippen LogP contribution >= 0.6 is 0 Å². The second kappa shape index (κ2) is 10.1. The Balaban J connectivity index is 1.67. The minimum absolute atomic E-state index is 0.0698. The van der Waals surface area contributed by atoms with Gasteiger partial charge in [-0.3, -0.25) is 14.4 Å². The van der Waals surface area contributed by atoms with Gasteiger partial charge in [-0.1, -0.05) is 26.8 Å². The Bertz CT molecular complexity index is 869. The zero-order chi connectivity index (χ0) is 23.3. The predicted octanol–water partition coefficient (Wildman–Crippen LogP) is 2.49. The fourth-order valence-electron chi connectivity index (χ4n) is 3.99. The molecular formula is C24H33N3O5. The predicted molar refractivity (Wildman–Crippen MR) is 120 cm³/mol. The van der Waals surface area contributed by atoms with Gasteiger partial charge in [-0.2, -0.15) is 0 Å². The number of hydrogen-bond donors (Lipinski definition) is 2. The van der Waals surface area contributed by atoms with Crippen molar-refractivity contribution >= 4 is 17.7 Å². The molecule has 2 aliphatic heterocycles. The number of rotatable bonds is 7. The summed E-state index contributed by atoms with van der Waals surface area (Å²) in [6.07, 6.45) is 3.37. The summed E-state index contributed by atoms with van der Waals surface area (Å²) in [6.45, 7) is 11.4. The normalized spacial score (nSPS) is 16.9. The second-order valence-electron chi connectivity index (χ2n) is 9.51. The number of benzene rings is 1. The van der Waals surface area contributed by atoms with E-state index >= 15 is 0 Å². The summed E-state index contributed by atoms with van der Waals surface area (Å²) >= 11 is 0. The van der Waals surface area contributed by atoms with Gasteiger partial charge in [0, 0.05) is 31.6 Å². The second-order valence-corrected chi connectivity index (χ2v) is 9.51. The molecule has 0 saturated carbocycles. The van der Waals surface area contributed by atoms with E-state index in [4.69, 9.17) is 9.47 Å². The monoisotopic (exact) mass is 443 g/mol. The number of fused-ring (bicyclic) bond motifs is 1. The van der Waals surface area contributed by atoms with Crippen molar-refractivity contribution in [3.63, 3.8) is 0 Å². The molecule has 0 aromatic heterocycles. The first-order valence-corrected chi connectivity index (χ1v) is 11.0. The van der Waals surface area contributed by atoms with Crippen LogP contribution in [0.1, 0.15) is 50.4 Å². The van der Waals surface area contributed by atoms with Gasteiger partial charge in [0.15, 0.2) is 11.5 Å². The number of carbonyl (C=O) groups excluding carboxylic acids is 3. The highest BCUT2D eigenvalue weighted by atomic mass is 16.7. The van der Waals surface area contributed by atoms with Crippen molar-refractivity contribution in [3.8, 4) is 11.5 Å². The minimum atomic E-state index is -0.701. The molecule has 1 aromatic carbocycles. The molecular weight excluding hydrogens is 410 g/mol. The Morgan fingerprint density at radius 1 is 1.19 bits per heavy atom. The highest BCUT2D eigenvalue weighted by Crippen LogP contribution is 2.32. The van der Waals surface area contributed by atoms with E-state index < -0.39 is 6.04 Å². The third-order valence-corrected chi connectivity index (χ3v) is 5.67. The SMILES string of the molecule is C=CCNC(=O)C(NC(=O)c1ccc2c(c1)OCO2)C1CCN(C(=O)CC(C)(C)C)CC1. The summed E-state index contributed by atoms with van der Waals surface area (Å²) in [6, 6.07) is 4.25. The zero-order valence-corrected chi connectivity index (χ0v) is 19.1. The molecule has 1 atom stereocenters. The molecule has 8 heteroatoms. The molecule has 8 nitrogen and oxygen atoms in total. The Labute approximate surface area is 189 Å². The lowest BCUT2D eigenvalue weighted by atomic mass is 9.87. The van der Waals surface area contributed by atoms with E-state index in [-0.39, 0.29) is 35.8 Å². The topological polar surface area (TPSA) is 97.0 Å². The Morgan fingerprint density at radius 3 is 2.53 bits per heavy atom. The van der Waals surface area contributed by atoms with Crippen LogP contribution in [0.25, 0.3) is 0 Å². The smallest absolute Gasteiger partial charge is 0.252 e. The average molecular weight is 444 g/mol. The van der Waals surface area contributed by atoms with Crippen LogP contribution in [0.3, 0.4) is 0 Å². The maximum atomic E-state index is 12.9. The molecule has 1 fully saturated rings. The van der Waals surface area contributed by atoms with Crippen LogP contribution in [0, 0.1) is 11.3 Å². The fraction of sp³-hybridized carbons (Fsp3) is 0.542. The van der Waals surface area contributed by atoms with Gasteiger partial charge < -0.3 is 25.0 Å². The van der Waals surface area contributed by atoms with Crippen molar-refractivity contribution < 1.29 is 23.9 Å². The molecule has 2 N–H and O–H groups in total. The van der Waals surface area contributed by atoms with Crippen molar-refractivity contribution in [3.05, 3.63) is 36.4 Å². The lowest BCUT2D eigenvalue weighted by molar-refractivity contribution is -0.134. The van der Waals surface area contributed by atoms with Gasteiger partial charge >= 0.3 is 0 Å². The molecule has 0 aliphatic carbocycles. The zero-order valence-electron chi connectivity index (χ0n) is 19.1. The molecule has 32 heavy (non-hydrogen) atoms. The van der Waals surface area contributed by atoms with Crippen LogP contribution in [0.5, 0.6) is 11.5 Å². The maximum absolute atomic E-state index is 12.9. The van der Waals surface area contributed by atoms with Crippen molar-refractivity contribution in [1.82, 2.24) is 15.5 Å². The summed E-state index contributed by atoms with van der Waals surface area (Å²) in [7, 11) is 0. The first kappa shape index (κ1) is 23.6. The number of piperidine rings is 1. The largest absolute Gasteiger partial charge is 0.454 e. The first-order chi connectivity index (χ1) is 15.2. The number of ether oxygens (including phenoxy) is 2. The molecule has 0 bridgehead atoms. The maximum Gasteiger partial charge on any atom is 0.252 e. The molecule has 3 amide bonds. The Hall–Kier alpha value is -3.03. The molecule has 2 heterocycles. The highest BCUT2D eigenvalue weighted by molar-refractivity contribution is 5.98. The standard InChI is InChI=1S/C24H33N3O5/c1-5-10-25-23(30)21(16-8-11-27(12-9-16)20(28)14-24(2,3)4)26-22(29)17-6-7-18-19(13-17)32-15-31-18/h5-7,13,16,21H,1,8-12,14-15H2,2-4H3,(H,25,30)(H,26,29). The van der Waals surface area contributed by atoms with Crippen LogP contribution in [0.2, 0.25) is 0 Å². The van der Waals surface area contributed by atoms with Gasteiger partial charge in [0.05, 0.1) is 0 Å². The minimum Gasteiger partial charge on any atom is -0.454 e. The molecule has 1 aromatic rings. The van der Waals surface area contributed by atoms with Crippen LogP contribution in [-0.2, 0) is 9.59 Å². The van der Waals surface area contributed by atoms with Crippen molar-refractivity contribution in [2.45, 2.75) is 46.1 Å². The molecule has 1 saturated heterocycles. The molecule has 1 unspecified atom stereocenters. The van der Waals surface area contributed by atoms with E-state index in [1.54, 1.807) is 24.3 Å². The van der Waals surface area contributed by atoms with Gasteiger partial charge in [-0.25, -0.2) is 0 Å². The van der Waals surface area contributed by atoms with Gasteiger partial charge in [-0.05, 0) is 42.4 Å². The van der Waals surface area contributed by atoms with Crippen molar-refractivity contribution in [2.24, 2.45) is 11.3 Å². The Kier molecular flexibility index (Phi) is 7.43. The number of likely N-dealkylation sites (tertiary alicyclic amines) is 1. The molecule has 2 aliphatic rings. The summed E-state index contributed by atoms with van der Waals surface area (Å²) in [5, 5.41) is 5.70. The van der Waals surface area contributed by atoms with E-state index in [0.29, 0.717) is 56.0 Å². The van der Waals surface area contributed by atoms with E-state index in [1.165, 1.54) is 0 Å².